The lowest BCUT2D eigenvalue weighted by molar-refractivity contribution is 0.0575. The van der Waals surface area contributed by atoms with Crippen molar-refractivity contribution in [1.82, 2.24) is 4.98 Å². The summed E-state index contributed by atoms with van der Waals surface area (Å²) in [4.78, 5) is 36.8. The Hall–Kier alpha value is -2.77. The van der Waals surface area contributed by atoms with E-state index in [1.54, 1.807) is 0 Å². The maximum atomic E-state index is 13.1. The van der Waals surface area contributed by atoms with E-state index in [1.165, 1.54) is 0 Å². The summed E-state index contributed by atoms with van der Waals surface area (Å²) in [6, 6.07) is 1.22. The minimum Gasteiger partial charge on any atom is -0.477 e. The van der Waals surface area contributed by atoms with Crippen molar-refractivity contribution in [1.29, 1.82) is 0 Å². The molecule has 1 aromatic heterocycles. The Bertz CT molecular complexity index is 797. The number of hydrogen-bond donors (Lipinski definition) is 2. The summed E-state index contributed by atoms with van der Waals surface area (Å²) in [5.41, 5.74) is -2.84. The van der Waals surface area contributed by atoms with E-state index in [-0.39, 0.29) is 10.9 Å². The molecule has 20 heavy (non-hydrogen) atoms. The third-order valence-corrected chi connectivity index (χ3v) is 2.65. The largest absolute Gasteiger partial charge is 0.477 e. The number of nitrogens with one attached hydrogen (secondary N) is 1. The number of H-pyrrole nitrogens is 1. The summed E-state index contributed by atoms with van der Waals surface area (Å²) in [6.45, 7) is 0. The van der Waals surface area contributed by atoms with Gasteiger partial charge in [-0.05, 0) is 6.07 Å². The van der Waals surface area contributed by atoms with Crippen LogP contribution in [0.2, 0.25) is 0 Å². The number of carboxylic acids is 1. The van der Waals surface area contributed by atoms with E-state index in [4.69, 9.17) is 5.11 Å². The monoisotopic (exact) mass is 283 g/mol. The molecule has 0 bridgehead atoms. The first kappa shape index (κ1) is 13.7. The Kier molecular flexibility index (Phi) is 3.23. The van der Waals surface area contributed by atoms with Crippen LogP contribution < -0.4 is 5.43 Å². The number of aromatic carboxylic acids is 1. The molecule has 2 N–H and O–H groups in total. The molecule has 0 atom stereocenters. The molecule has 0 saturated heterocycles. The van der Waals surface area contributed by atoms with Crippen molar-refractivity contribution in [2.75, 3.05) is 7.11 Å². The van der Waals surface area contributed by atoms with Crippen LogP contribution in [-0.2, 0) is 4.74 Å². The molecular formula is C12H7F2NO5. The second kappa shape index (κ2) is 4.72. The summed E-state index contributed by atoms with van der Waals surface area (Å²) >= 11 is 0. The Morgan fingerprint density at radius 3 is 2.40 bits per heavy atom. The lowest BCUT2D eigenvalue weighted by Gasteiger charge is -2.07. The molecule has 0 unspecified atom stereocenters. The first-order chi connectivity index (χ1) is 9.36. The molecule has 0 amide bonds. The molecule has 0 radical (unpaired) electrons. The predicted molar refractivity (Wildman–Crippen MR) is 62.8 cm³/mol. The number of pyridine rings is 1. The van der Waals surface area contributed by atoms with Gasteiger partial charge >= 0.3 is 11.9 Å². The smallest absolute Gasteiger partial charge is 0.355 e. The van der Waals surface area contributed by atoms with Gasteiger partial charge in [-0.2, -0.15) is 0 Å². The number of aromatic amines is 1. The molecule has 1 aromatic carbocycles. The lowest BCUT2D eigenvalue weighted by Crippen LogP contribution is -2.23. The average Bonchev–Trinajstić information content (AvgIpc) is 2.39. The van der Waals surface area contributed by atoms with Gasteiger partial charge < -0.3 is 14.8 Å². The average molecular weight is 283 g/mol. The van der Waals surface area contributed by atoms with E-state index in [0.29, 0.717) is 12.1 Å². The summed E-state index contributed by atoms with van der Waals surface area (Å²) < 4.78 is 30.6. The number of halogens is 2. The van der Waals surface area contributed by atoms with Gasteiger partial charge in [-0.1, -0.05) is 0 Å². The van der Waals surface area contributed by atoms with Crippen molar-refractivity contribution in [3.8, 4) is 0 Å². The van der Waals surface area contributed by atoms with Gasteiger partial charge in [0.2, 0.25) is 5.43 Å². The number of ether oxygens (including phenoxy) is 1. The molecule has 104 valence electrons. The van der Waals surface area contributed by atoms with Crippen molar-refractivity contribution < 1.29 is 28.2 Å². The minimum atomic E-state index is -1.68. The van der Waals surface area contributed by atoms with Gasteiger partial charge in [0.05, 0.1) is 12.6 Å². The number of carboxylic acid groups (broad SMARTS) is 1. The summed E-state index contributed by atoms with van der Waals surface area (Å²) in [6.07, 6.45) is 0. The minimum absolute atomic E-state index is 0.209. The van der Waals surface area contributed by atoms with Crippen molar-refractivity contribution in [2.45, 2.75) is 0 Å². The predicted octanol–water partition coefficient (Wildman–Crippen LogP) is 1.29. The number of carbonyl (C=O) groups excluding carboxylic acids is 1. The molecule has 0 aliphatic heterocycles. The molecular weight excluding hydrogens is 276 g/mol. The topological polar surface area (TPSA) is 96.5 Å². The highest BCUT2D eigenvalue weighted by atomic mass is 19.2. The molecule has 6 nitrogen and oxygen atoms in total. The first-order valence-corrected chi connectivity index (χ1v) is 5.23. The molecule has 0 spiro atoms. The van der Waals surface area contributed by atoms with Crippen molar-refractivity contribution in [3.05, 3.63) is 45.2 Å². The summed E-state index contributed by atoms with van der Waals surface area (Å²) in [7, 11) is 0.988. The fraction of sp³-hybridized carbons (Fsp3) is 0.0833. The SMILES string of the molecule is COC(=O)c1[nH]c2cc(F)c(F)cc2c(=O)c1C(=O)O. The van der Waals surface area contributed by atoms with Gasteiger partial charge in [0.15, 0.2) is 11.6 Å². The molecule has 1 heterocycles. The highest BCUT2D eigenvalue weighted by Gasteiger charge is 2.24. The van der Waals surface area contributed by atoms with Gasteiger partial charge in [0.1, 0.15) is 11.3 Å². The molecule has 2 rings (SSSR count). The third-order valence-electron chi connectivity index (χ3n) is 2.65. The van der Waals surface area contributed by atoms with E-state index in [2.05, 4.69) is 9.72 Å². The molecule has 0 saturated carbocycles. The second-order valence-corrected chi connectivity index (χ2v) is 3.81. The number of aromatic nitrogens is 1. The van der Waals surface area contributed by atoms with Crippen LogP contribution in [0.4, 0.5) is 8.78 Å². The quantitative estimate of drug-likeness (QED) is 0.809. The van der Waals surface area contributed by atoms with E-state index in [9.17, 15) is 23.2 Å². The first-order valence-electron chi connectivity index (χ1n) is 5.23. The van der Waals surface area contributed by atoms with Crippen molar-refractivity contribution >= 4 is 22.8 Å². The zero-order chi connectivity index (χ0) is 15.0. The maximum absolute atomic E-state index is 13.1. The number of fused-ring (bicyclic) bond motifs is 1. The molecule has 0 aliphatic carbocycles. The molecule has 0 fully saturated rings. The fourth-order valence-corrected chi connectivity index (χ4v) is 1.74. The highest BCUT2D eigenvalue weighted by Crippen LogP contribution is 2.17. The van der Waals surface area contributed by atoms with Gasteiger partial charge in [0.25, 0.3) is 0 Å². The number of esters is 1. The Morgan fingerprint density at radius 1 is 1.25 bits per heavy atom. The van der Waals surface area contributed by atoms with E-state index < -0.39 is 40.3 Å². The molecule has 0 aliphatic rings. The van der Waals surface area contributed by atoms with Crippen LogP contribution in [0.3, 0.4) is 0 Å². The summed E-state index contributed by atoms with van der Waals surface area (Å²) in [5, 5.41) is 8.60. The van der Waals surface area contributed by atoms with Crippen molar-refractivity contribution in [3.63, 3.8) is 0 Å². The van der Waals surface area contributed by atoms with Gasteiger partial charge in [-0.3, -0.25) is 4.79 Å². The highest BCUT2D eigenvalue weighted by molar-refractivity contribution is 6.03. The second-order valence-electron chi connectivity index (χ2n) is 3.81. The van der Waals surface area contributed by atoms with Crippen LogP contribution in [0.5, 0.6) is 0 Å². The van der Waals surface area contributed by atoms with E-state index >= 15 is 0 Å². The number of methoxy groups -OCH3 is 1. The Balaban J connectivity index is 2.97. The Labute approximate surface area is 109 Å². The molecule has 2 aromatic rings. The number of rotatable bonds is 2. The lowest BCUT2D eigenvalue weighted by atomic mass is 10.1. The zero-order valence-corrected chi connectivity index (χ0v) is 9.99. The van der Waals surface area contributed by atoms with Crippen LogP contribution in [0, 0.1) is 11.6 Å². The van der Waals surface area contributed by atoms with Crippen LogP contribution in [0.15, 0.2) is 16.9 Å². The summed E-state index contributed by atoms with van der Waals surface area (Å²) in [5.74, 6) is -5.33. The maximum Gasteiger partial charge on any atom is 0.355 e. The number of carbonyl (C=O) groups is 2. The van der Waals surface area contributed by atoms with Crippen molar-refractivity contribution in [2.24, 2.45) is 0 Å². The van der Waals surface area contributed by atoms with E-state index in [0.717, 1.165) is 7.11 Å². The fourth-order valence-electron chi connectivity index (χ4n) is 1.74. The van der Waals surface area contributed by atoms with Crippen LogP contribution in [0.25, 0.3) is 10.9 Å². The number of benzene rings is 1. The van der Waals surface area contributed by atoms with E-state index in [1.807, 2.05) is 0 Å². The standard InChI is InChI=1S/C12H7F2NO5/c1-20-12(19)9-8(11(17)18)10(16)4-2-5(13)6(14)3-7(4)15-9/h2-3H,1H3,(H,15,16)(H,17,18). The van der Waals surface area contributed by atoms with Gasteiger partial charge in [0, 0.05) is 11.5 Å². The van der Waals surface area contributed by atoms with Gasteiger partial charge in [-0.25, -0.2) is 18.4 Å². The van der Waals surface area contributed by atoms with Crippen LogP contribution in [-0.4, -0.2) is 29.1 Å². The normalized spacial score (nSPS) is 10.6. The van der Waals surface area contributed by atoms with Crippen LogP contribution >= 0.6 is 0 Å². The van der Waals surface area contributed by atoms with Crippen LogP contribution in [0.1, 0.15) is 20.8 Å². The van der Waals surface area contributed by atoms with Gasteiger partial charge in [-0.15, -0.1) is 0 Å². The Morgan fingerprint density at radius 2 is 1.85 bits per heavy atom. The number of hydrogen-bond acceptors (Lipinski definition) is 4. The third kappa shape index (κ3) is 2.00. The zero-order valence-electron chi connectivity index (χ0n) is 9.99. The molecule has 8 heteroatoms.